The molecule has 30 heavy (non-hydrogen) atoms. The molecule has 3 aromatic rings. The average molecular weight is 407 g/mol. The van der Waals surface area contributed by atoms with Gasteiger partial charge in [0.1, 0.15) is 0 Å². The van der Waals surface area contributed by atoms with E-state index in [1.807, 2.05) is 50.2 Å². The molecule has 0 bridgehead atoms. The van der Waals surface area contributed by atoms with Crippen LogP contribution in [0.4, 0.5) is 17.3 Å². The Morgan fingerprint density at radius 1 is 1.27 bits per heavy atom. The summed E-state index contributed by atoms with van der Waals surface area (Å²) in [5.74, 6) is 0.575. The van der Waals surface area contributed by atoms with Crippen LogP contribution in [0, 0.1) is 5.92 Å². The Balaban J connectivity index is 1.43. The van der Waals surface area contributed by atoms with Crippen molar-refractivity contribution in [3.8, 4) is 0 Å². The highest BCUT2D eigenvalue weighted by atomic mass is 16.5. The maximum absolute atomic E-state index is 12.2. The van der Waals surface area contributed by atoms with Crippen molar-refractivity contribution in [3.63, 3.8) is 0 Å². The Morgan fingerprint density at radius 2 is 2.07 bits per heavy atom. The van der Waals surface area contributed by atoms with E-state index in [1.165, 1.54) is 0 Å². The summed E-state index contributed by atoms with van der Waals surface area (Å²) in [6.45, 7) is 5.17. The Labute approximate surface area is 174 Å². The van der Waals surface area contributed by atoms with Crippen molar-refractivity contribution in [2.24, 2.45) is 5.92 Å². The van der Waals surface area contributed by atoms with Gasteiger partial charge in [-0.15, -0.1) is 5.10 Å². The fraction of sp³-hybridized carbons (Fsp3) is 0.409. The molecule has 8 heteroatoms. The van der Waals surface area contributed by atoms with Gasteiger partial charge in [0.2, 0.25) is 11.9 Å². The number of carbonyl (C=O) groups is 1. The molecule has 0 radical (unpaired) electrons. The number of fused-ring (bicyclic) bond motifs is 2. The summed E-state index contributed by atoms with van der Waals surface area (Å²) in [5, 5.41) is 21.6. The Hall–Kier alpha value is -2.97. The molecule has 1 saturated heterocycles. The van der Waals surface area contributed by atoms with Gasteiger partial charge in [0, 0.05) is 24.6 Å². The number of carbonyl (C=O) groups excluding carboxylic acids is 1. The highest BCUT2D eigenvalue weighted by molar-refractivity contribution is 6.06. The molecular weight excluding hydrogens is 382 g/mol. The van der Waals surface area contributed by atoms with Crippen LogP contribution in [0.2, 0.25) is 0 Å². The zero-order valence-electron chi connectivity index (χ0n) is 17.1. The predicted octanol–water partition coefficient (Wildman–Crippen LogP) is 3.16. The summed E-state index contributed by atoms with van der Waals surface area (Å²) in [6.07, 6.45) is 1.04. The van der Waals surface area contributed by atoms with Gasteiger partial charge in [-0.2, -0.15) is 4.98 Å². The second-order valence-electron chi connectivity index (χ2n) is 8.52. The van der Waals surface area contributed by atoms with Gasteiger partial charge in [-0.05, 0) is 62.4 Å². The largest absolute Gasteiger partial charge is 0.387 e. The molecule has 5 rings (SSSR count). The molecule has 156 valence electrons. The zero-order valence-corrected chi connectivity index (χ0v) is 17.1. The third kappa shape index (κ3) is 3.12. The number of aliphatic hydroxyl groups is 1. The molecular formula is C22H25N5O3. The molecule has 1 unspecified atom stereocenters. The molecule has 2 aliphatic rings. The maximum atomic E-state index is 12.2. The van der Waals surface area contributed by atoms with Gasteiger partial charge in [-0.3, -0.25) is 4.79 Å². The van der Waals surface area contributed by atoms with E-state index in [2.05, 4.69) is 20.7 Å². The number of hydrogen-bond donors (Lipinski definition) is 3. The topological polar surface area (TPSA) is 101 Å². The number of anilines is 3. The fourth-order valence-electron chi connectivity index (χ4n) is 4.28. The van der Waals surface area contributed by atoms with Gasteiger partial charge in [0.25, 0.3) is 0 Å². The van der Waals surface area contributed by atoms with E-state index in [1.54, 1.807) is 4.52 Å². The lowest BCUT2D eigenvalue weighted by molar-refractivity contribution is -0.119. The molecule has 8 nitrogen and oxygen atoms in total. The van der Waals surface area contributed by atoms with Crippen LogP contribution in [-0.2, 0) is 14.9 Å². The van der Waals surface area contributed by atoms with Crippen LogP contribution in [0.5, 0.6) is 0 Å². The van der Waals surface area contributed by atoms with E-state index in [4.69, 9.17) is 4.74 Å². The van der Waals surface area contributed by atoms with Crippen molar-refractivity contribution >= 4 is 28.9 Å². The molecule has 0 spiro atoms. The zero-order chi connectivity index (χ0) is 20.9. The van der Waals surface area contributed by atoms with Crippen LogP contribution in [0.3, 0.4) is 0 Å². The van der Waals surface area contributed by atoms with Crippen LogP contribution in [0.15, 0.2) is 36.4 Å². The van der Waals surface area contributed by atoms with Gasteiger partial charge in [-0.1, -0.05) is 12.1 Å². The molecule has 1 amide bonds. The first kappa shape index (κ1) is 19.0. The fourth-order valence-corrected chi connectivity index (χ4v) is 4.28. The molecule has 4 heterocycles. The van der Waals surface area contributed by atoms with Crippen molar-refractivity contribution in [3.05, 3.63) is 47.7 Å². The van der Waals surface area contributed by atoms with Crippen molar-refractivity contribution in [2.45, 2.75) is 38.2 Å². The van der Waals surface area contributed by atoms with Crippen LogP contribution >= 0.6 is 0 Å². The number of nitrogens with zero attached hydrogens (tertiary/aromatic N) is 3. The number of rotatable bonds is 4. The molecule has 1 fully saturated rings. The standard InChI is InChI=1S/C22H25N5O3/c1-22(2)15-7-6-14(12-16(15)24-20(22)29)23-21-25-18-5-3-4-17(27(18)26-21)19(28)13-8-10-30-11-9-13/h3-7,12-13,19,28H,8-11H2,1-2H3,(H,23,26)(H,24,29). The number of aliphatic hydroxyl groups excluding tert-OH is 1. The lowest BCUT2D eigenvalue weighted by Gasteiger charge is -2.26. The van der Waals surface area contributed by atoms with E-state index in [-0.39, 0.29) is 11.8 Å². The van der Waals surface area contributed by atoms with Crippen molar-refractivity contribution in [1.82, 2.24) is 14.6 Å². The lowest BCUT2D eigenvalue weighted by atomic mass is 9.86. The number of benzene rings is 1. The number of pyridine rings is 1. The molecule has 2 aromatic heterocycles. The minimum absolute atomic E-state index is 0.00718. The summed E-state index contributed by atoms with van der Waals surface area (Å²) in [4.78, 5) is 16.7. The minimum Gasteiger partial charge on any atom is -0.387 e. The summed E-state index contributed by atoms with van der Waals surface area (Å²) in [5.41, 5.74) is 3.41. The Bertz CT molecular complexity index is 1120. The summed E-state index contributed by atoms with van der Waals surface area (Å²) >= 11 is 0. The third-order valence-electron chi connectivity index (χ3n) is 6.17. The first-order valence-corrected chi connectivity index (χ1v) is 10.3. The first-order valence-electron chi connectivity index (χ1n) is 10.3. The number of aromatic nitrogens is 3. The normalized spacial score (nSPS) is 19.5. The van der Waals surface area contributed by atoms with Crippen LogP contribution in [0.1, 0.15) is 44.1 Å². The minimum atomic E-state index is -0.621. The molecule has 1 aromatic carbocycles. The Morgan fingerprint density at radius 3 is 2.87 bits per heavy atom. The average Bonchev–Trinajstić information content (AvgIpc) is 3.25. The number of nitrogens with one attached hydrogen (secondary N) is 2. The van der Waals surface area contributed by atoms with E-state index < -0.39 is 11.5 Å². The quantitative estimate of drug-likeness (QED) is 0.614. The van der Waals surface area contributed by atoms with Gasteiger partial charge in [0.05, 0.1) is 17.2 Å². The van der Waals surface area contributed by atoms with Crippen molar-refractivity contribution in [1.29, 1.82) is 0 Å². The number of amides is 1. The molecule has 2 aliphatic heterocycles. The van der Waals surface area contributed by atoms with Crippen molar-refractivity contribution in [2.75, 3.05) is 23.8 Å². The number of ether oxygens (including phenoxy) is 1. The predicted molar refractivity (Wildman–Crippen MR) is 113 cm³/mol. The second-order valence-corrected chi connectivity index (χ2v) is 8.52. The SMILES string of the molecule is CC1(C)C(=O)Nc2cc(Nc3nc4cccc(C(O)C5CCOCC5)n4n3)ccc21. The summed E-state index contributed by atoms with van der Waals surface area (Å²) < 4.78 is 7.11. The highest BCUT2D eigenvalue weighted by Gasteiger charge is 2.38. The molecule has 1 atom stereocenters. The molecule has 3 N–H and O–H groups in total. The van der Waals surface area contributed by atoms with E-state index >= 15 is 0 Å². The van der Waals surface area contributed by atoms with Gasteiger partial charge in [-0.25, -0.2) is 4.52 Å². The van der Waals surface area contributed by atoms with Crippen molar-refractivity contribution < 1.29 is 14.6 Å². The van der Waals surface area contributed by atoms with Crippen LogP contribution in [-0.4, -0.2) is 38.8 Å². The van der Waals surface area contributed by atoms with Gasteiger partial charge >= 0.3 is 0 Å². The summed E-state index contributed by atoms with van der Waals surface area (Å²) in [6, 6.07) is 11.4. The van der Waals surface area contributed by atoms with Gasteiger partial charge in [0.15, 0.2) is 5.65 Å². The highest BCUT2D eigenvalue weighted by Crippen LogP contribution is 2.39. The molecule has 0 aliphatic carbocycles. The third-order valence-corrected chi connectivity index (χ3v) is 6.17. The monoisotopic (exact) mass is 407 g/mol. The van der Waals surface area contributed by atoms with Crippen LogP contribution in [0.25, 0.3) is 5.65 Å². The first-order chi connectivity index (χ1) is 14.4. The van der Waals surface area contributed by atoms with E-state index in [9.17, 15) is 9.90 Å². The van der Waals surface area contributed by atoms with Gasteiger partial charge < -0.3 is 20.5 Å². The maximum Gasteiger partial charge on any atom is 0.247 e. The summed E-state index contributed by atoms with van der Waals surface area (Å²) in [7, 11) is 0. The van der Waals surface area contributed by atoms with E-state index in [0.29, 0.717) is 24.8 Å². The van der Waals surface area contributed by atoms with E-state index in [0.717, 1.165) is 35.5 Å². The smallest absolute Gasteiger partial charge is 0.247 e. The number of hydrogen-bond acceptors (Lipinski definition) is 6. The molecule has 0 saturated carbocycles. The second kappa shape index (κ2) is 7.07. The van der Waals surface area contributed by atoms with Crippen LogP contribution < -0.4 is 10.6 Å². The lowest BCUT2D eigenvalue weighted by Crippen LogP contribution is -2.26. The Kier molecular flexibility index (Phi) is 4.48.